The summed E-state index contributed by atoms with van der Waals surface area (Å²) in [7, 11) is 0. The number of ether oxygens (including phenoxy) is 2. The van der Waals surface area contributed by atoms with E-state index in [2.05, 4.69) is 5.16 Å². The molecule has 1 aromatic carbocycles. The Kier molecular flexibility index (Phi) is 6.43. The fraction of sp³-hybridized carbons (Fsp3) is 0.550. The van der Waals surface area contributed by atoms with Gasteiger partial charge in [-0.1, -0.05) is 16.8 Å². The molecule has 8 nitrogen and oxygen atoms in total. The zero-order chi connectivity index (χ0) is 23.0. The predicted molar refractivity (Wildman–Crippen MR) is 108 cm³/mol. The number of hydrogen-bond donors (Lipinski definition) is 1. The van der Waals surface area contributed by atoms with Crippen LogP contribution in [0.1, 0.15) is 52.0 Å². The first-order valence-electron chi connectivity index (χ1n) is 9.69. The number of carboxylic acid groups (broad SMARTS) is 1. The van der Waals surface area contributed by atoms with Crippen LogP contribution in [0.4, 0.5) is 24.2 Å². The van der Waals surface area contributed by atoms with E-state index in [9.17, 15) is 23.5 Å². The maximum absolute atomic E-state index is 13.3. The largest absolute Gasteiger partial charge is 0.464 e. The van der Waals surface area contributed by atoms with Crippen LogP contribution < -0.4 is 4.90 Å². The average Bonchev–Trinajstić information content (AvgIpc) is 3.01. The normalized spacial score (nSPS) is 17.0. The van der Waals surface area contributed by atoms with Crippen LogP contribution in [-0.2, 0) is 16.1 Å². The molecule has 1 aliphatic carbocycles. The van der Waals surface area contributed by atoms with Crippen molar-refractivity contribution in [3.8, 4) is 0 Å². The van der Waals surface area contributed by atoms with Gasteiger partial charge in [0.05, 0.1) is 18.1 Å². The van der Waals surface area contributed by atoms with E-state index in [-0.39, 0.29) is 60.2 Å². The van der Waals surface area contributed by atoms with E-state index in [1.54, 1.807) is 20.8 Å². The van der Waals surface area contributed by atoms with E-state index in [0.717, 1.165) is 0 Å². The molecule has 2 amide bonds. The summed E-state index contributed by atoms with van der Waals surface area (Å²) >= 11 is 6.31. The summed E-state index contributed by atoms with van der Waals surface area (Å²) in [6, 6.07) is 2.93. The second-order valence-electron chi connectivity index (χ2n) is 8.41. The molecule has 1 fully saturated rings. The fourth-order valence-electron chi connectivity index (χ4n) is 3.21. The highest BCUT2D eigenvalue weighted by atomic mass is 35.5. The molecule has 1 heterocycles. The predicted octanol–water partition coefficient (Wildman–Crippen LogP) is 6.00. The Hall–Kier alpha value is -2.46. The summed E-state index contributed by atoms with van der Waals surface area (Å²) in [6.07, 6.45) is -2.95. The quantitative estimate of drug-likeness (QED) is 0.597. The smallest absolute Gasteiger partial charge is 0.425 e. The van der Waals surface area contributed by atoms with Crippen molar-refractivity contribution in [3.05, 3.63) is 22.7 Å². The number of rotatable bonds is 4. The molecule has 0 radical (unpaired) electrons. The van der Waals surface area contributed by atoms with Gasteiger partial charge in [-0.15, -0.1) is 0 Å². The fourth-order valence-corrected chi connectivity index (χ4v) is 3.43. The molecular weight excluding hydrogens is 438 g/mol. The Labute approximate surface area is 182 Å². The Morgan fingerprint density at radius 2 is 1.97 bits per heavy atom. The Morgan fingerprint density at radius 3 is 2.55 bits per heavy atom. The van der Waals surface area contributed by atoms with E-state index in [1.807, 2.05) is 0 Å². The first kappa shape index (κ1) is 23.2. The van der Waals surface area contributed by atoms with Crippen LogP contribution >= 0.6 is 11.6 Å². The van der Waals surface area contributed by atoms with Gasteiger partial charge >= 0.3 is 12.2 Å². The number of halogens is 3. The number of hydrogen-bond acceptors (Lipinski definition) is 6. The van der Waals surface area contributed by atoms with Crippen molar-refractivity contribution in [1.29, 1.82) is 0 Å². The minimum Gasteiger partial charge on any atom is -0.464 e. The van der Waals surface area contributed by atoms with Crippen molar-refractivity contribution in [3.63, 3.8) is 0 Å². The second kappa shape index (κ2) is 8.58. The number of carbonyl (C=O) groups is 2. The molecule has 0 aliphatic heterocycles. The van der Waals surface area contributed by atoms with E-state index < -0.39 is 23.7 Å². The van der Waals surface area contributed by atoms with Gasteiger partial charge in [-0.25, -0.2) is 18.4 Å². The lowest BCUT2D eigenvalue weighted by Crippen LogP contribution is -2.40. The molecule has 170 valence electrons. The van der Waals surface area contributed by atoms with Gasteiger partial charge in [0.25, 0.3) is 0 Å². The third-order valence-corrected chi connectivity index (χ3v) is 5.09. The zero-order valence-electron chi connectivity index (χ0n) is 17.3. The number of imide groups is 1. The molecule has 11 heteroatoms. The van der Waals surface area contributed by atoms with Crippen molar-refractivity contribution >= 4 is 40.6 Å². The summed E-state index contributed by atoms with van der Waals surface area (Å²) in [6.45, 7) is 4.86. The molecule has 1 saturated carbocycles. The molecule has 0 bridgehead atoms. The van der Waals surface area contributed by atoms with Crippen LogP contribution in [0.15, 0.2) is 16.7 Å². The summed E-state index contributed by atoms with van der Waals surface area (Å²) < 4.78 is 42.6. The number of alkyl halides is 2. The van der Waals surface area contributed by atoms with E-state index in [4.69, 9.17) is 25.6 Å². The number of anilines is 1. The van der Waals surface area contributed by atoms with Gasteiger partial charge in [0.2, 0.25) is 5.92 Å². The van der Waals surface area contributed by atoms with Gasteiger partial charge in [0.1, 0.15) is 5.60 Å². The van der Waals surface area contributed by atoms with Crippen LogP contribution in [0.5, 0.6) is 0 Å². The summed E-state index contributed by atoms with van der Waals surface area (Å²) in [5.74, 6) is -2.92. The molecule has 0 spiro atoms. The topological polar surface area (TPSA) is 102 Å². The SMILES string of the molecule is CC(C)(C)OC(=O)N(C(=O)O)c1noc2cc(COC3CCC(F)(F)CC3)c(Cl)cc12. The maximum atomic E-state index is 13.3. The van der Waals surface area contributed by atoms with Gasteiger partial charge in [-0.3, -0.25) is 0 Å². The molecular formula is C20H23ClF2N2O6. The lowest BCUT2D eigenvalue weighted by molar-refractivity contribution is -0.0838. The minimum atomic E-state index is -2.64. The summed E-state index contributed by atoms with van der Waals surface area (Å²) in [4.78, 5) is 24.4. The molecule has 31 heavy (non-hydrogen) atoms. The Balaban J connectivity index is 1.80. The van der Waals surface area contributed by atoms with E-state index in [1.165, 1.54) is 12.1 Å². The van der Waals surface area contributed by atoms with Crippen molar-refractivity contribution in [2.75, 3.05) is 4.90 Å². The highest BCUT2D eigenvalue weighted by molar-refractivity contribution is 6.32. The number of nitrogens with zero attached hydrogens (tertiary/aromatic N) is 2. The Morgan fingerprint density at radius 1 is 1.32 bits per heavy atom. The highest BCUT2D eigenvalue weighted by Crippen LogP contribution is 2.36. The average molecular weight is 461 g/mol. The summed E-state index contributed by atoms with van der Waals surface area (Å²) in [5, 5.41) is 13.6. The van der Waals surface area contributed by atoms with Crippen molar-refractivity contribution in [1.82, 2.24) is 5.16 Å². The monoisotopic (exact) mass is 460 g/mol. The molecule has 1 aromatic heterocycles. The molecule has 0 atom stereocenters. The number of benzene rings is 1. The highest BCUT2D eigenvalue weighted by Gasteiger charge is 2.35. The van der Waals surface area contributed by atoms with Gasteiger partial charge in [-0.05, 0) is 45.7 Å². The van der Waals surface area contributed by atoms with Gasteiger partial charge in [0, 0.05) is 23.4 Å². The summed E-state index contributed by atoms with van der Waals surface area (Å²) in [5.41, 5.74) is -0.216. The maximum Gasteiger partial charge on any atom is 0.425 e. The standard InChI is InChI=1S/C20H23ClF2N2O6/c1-19(2,3)30-18(28)25(17(26)27)16-13-9-14(21)11(8-15(13)31-24-16)10-29-12-4-6-20(22,23)7-5-12/h8-9,12H,4-7,10H2,1-3H3,(H,26,27). The first-order valence-corrected chi connectivity index (χ1v) is 10.1. The van der Waals surface area contributed by atoms with Crippen LogP contribution in [0.2, 0.25) is 5.02 Å². The number of carbonyl (C=O) groups excluding carboxylic acids is 1. The third-order valence-electron chi connectivity index (χ3n) is 4.74. The molecule has 1 N–H and O–H groups in total. The van der Waals surface area contributed by atoms with Crippen molar-refractivity contribution in [2.24, 2.45) is 0 Å². The van der Waals surface area contributed by atoms with Crippen LogP contribution in [0.25, 0.3) is 11.0 Å². The van der Waals surface area contributed by atoms with Crippen LogP contribution in [0.3, 0.4) is 0 Å². The van der Waals surface area contributed by atoms with Gasteiger partial charge in [0.15, 0.2) is 11.4 Å². The molecule has 0 saturated heterocycles. The lowest BCUT2D eigenvalue weighted by Gasteiger charge is -2.28. The van der Waals surface area contributed by atoms with E-state index >= 15 is 0 Å². The van der Waals surface area contributed by atoms with Gasteiger partial charge in [-0.2, -0.15) is 4.90 Å². The Bertz CT molecular complexity index is 978. The number of amides is 2. The molecule has 3 rings (SSSR count). The number of aromatic nitrogens is 1. The van der Waals surface area contributed by atoms with Crippen molar-refractivity contribution in [2.45, 2.75) is 70.7 Å². The minimum absolute atomic E-state index is 0.0652. The number of fused-ring (bicyclic) bond motifs is 1. The van der Waals surface area contributed by atoms with Crippen LogP contribution in [-0.4, -0.2) is 40.1 Å². The lowest BCUT2D eigenvalue weighted by atomic mass is 9.94. The zero-order valence-corrected chi connectivity index (χ0v) is 18.0. The first-order chi connectivity index (χ1) is 14.4. The van der Waals surface area contributed by atoms with Crippen LogP contribution in [0, 0.1) is 0 Å². The third kappa shape index (κ3) is 5.62. The molecule has 1 aliphatic rings. The molecule has 2 aromatic rings. The van der Waals surface area contributed by atoms with E-state index in [0.29, 0.717) is 10.5 Å². The second-order valence-corrected chi connectivity index (χ2v) is 8.82. The van der Waals surface area contributed by atoms with Crippen molar-refractivity contribution < 1.29 is 37.5 Å². The van der Waals surface area contributed by atoms with Gasteiger partial charge < -0.3 is 19.1 Å². The molecule has 0 unspecified atom stereocenters.